The molecule has 0 aliphatic carbocycles. The normalized spacial score (nSPS) is 13.8. The Balaban J connectivity index is 2.42. The average molecular weight is 304 g/mol. The molecule has 0 saturated heterocycles. The molecule has 0 saturated carbocycles. The van der Waals surface area contributed by atoms with Crippen molar-refractivity contribution in [3.8, 4) is 11.3 Å². The maximum Gasteiger partial charge on any atom is 0.0892 e. The predicted octanol–water partition coefficient (Wildman–Crippen LogP) is 2.83. The van der Waals surface area contributed by atoms with Crippen LogP contribution in [0.4, 0.5) is 0 Å². The van der Waals surface area contributed by atoms with Gasteiger partial charge in [-0.2, -0.15) is 0 Å². The summed E-state index contributed by atoms with van der Waals surface area (Å²) in [7, 11) is 0. The van der Waals surface area contributed by atoms with Crippen molar-refractivity contribution in [3.63, 3.8) is 0 Å². The lowest BCUT2D eigenvalue weighted by Gasteiger charge is -2.04. The van der Waals surface area contributed by atoms with Gasteiger partial charge in [-0.3, -0.25) is 9.98 Å². The van der Waals surface area contributed by atoms with Gasteiger partial charge < -0.3 is 5.41 Å². The second-order valence-corrected chi connectivity index (χ2v) is 4.82. The Bertz CT molecular complexity index is 859. The van der Waals surface area contributed by atoms with E-state index >= 15 is 0 Å². The lowest BCUT2D eigenvalue weighted by Crippen LogP contribution is -2.30. The standard InChI is InChI=1S/C19H20N4/c1-4-17-18(5-2)23-19(13-22-17)15-9-7-14(8-10-15)16(11-20)12-21-6-3/h4-13,20H,1-3H3/b16-12+,17-4+,18-5+,20-11?,21-6-. The molecule has 0 spiro atoms. The van der Waals surface area contributed by atoms with E-state index in [-0.39, 0.29) is 0 Å². The van der Waals surface area contributed by atoms with E-state index in [4.69, 9.17) is 5.41 Å². The van der Waals surface area contributed by atoms with Crippen LogP contribution in [-0.4, -0.2) is 22.4 Å². The first-order valence-electron chi connectivity index (χ1n) is 7.48. The van der Waals surface area contributed by atoms with Gasteiger partial charge in [-0.1, -0.05) is 36.4 Å². The highest BCUT2D eigenvalue weighted by atomic mass is 14.8. The van der Waals surface area contributed by atoms with Crippen molar-refractivity contribution in [2.75, 3.05) is 0 Å². The molecule has 4 heteroatoms. The van der Waals surface area contributed by atoms with Gasteiger partial charge in [0, 0.05) is 29.8 Å². The molecule has 0 amide bonds. The van der Waals surface area contributed by atoms with Crippen molar-refractivity contribution >= 4 is 30.2 Å². The highest BCUT2D eigenvalue weighted by molar-refractivity contribution is 6.08. The van der Waals surface area contributed by atoms with E-state index in [1.165, 1.54) is 6.21 Å². The molecule has 2 aromatic rings. The third-order valence-electron chi connectivity index (χ3n) is 3.41. The van der Waals surface area contributed by atoms with Crippen LogP contribution in [0.1, 0.15) is 26.3 Å². The molecule has 1 N–H and O–H groups in total. The lowest BCUT2D eigenvalue weighted by atomic mass is 10.0. The molecule has 1 aromatic heterocycles. The van der Waals surface area contributed by atoms with Gasteiger partial charge in [0.15, 0.2) is 0 Å². The van der Waals surface area contributed by atoms with Crippen molar-refractivity contribution in [3.05, 3.63) is 52.9 Å². The largest absolute Gasteiger partial charge is 0.308 e. The van der Waals surface area contributed by atoms with Crippen LogP contribution >= 0.6 is 0 Å². The van der Waals surface area contributed by atoms with E-state index in [0.717, 1.165) is 33.1 Å². The maximum atomic E-state index is 7.49. The third kappa shape index (κ3) is 3.86. The number of rotatable bonds is 4. The number of hydrogen-bond acceptors (Lipinski definition) is 4. The molecule has 0 atom stereocenters. The molecule has 1 aromatic carbocycles. The van der Waals surface area contributed by atoms with Gasteiger partial charge in [-0.25, -0.2) is 4.98 Å². The number of aliphatic imine (C=N–C) groups is 1. The Morgan fingerprint density at radius 3 is 2.30 bits per heavy atom. The number of nitrogens with one attached hydrogen (secondary N) is 1. The summed E-state index contributed by atoms with van der Waals surface area (Å²) in [5.74, 6) is 0. The monoisotopic (exact) mass is 304 g/mol. The highest BCUT2D eigenvalue weighted by Gasteiger charge is 2.03. The van der Waals surface area contributed by atoms with E-state index < -0.39 is 0 Å². The molecule has 4 nitrogen and oxygen atoms in total. The van der Waals surface area contributed by atoms with Crippen molar-refractivity contribution in [2.45, 2.75) is 20.8 Å². The van der Waals surface area contributed by atoms with Crippen LogP contribution in [0.15, 0.2) is 41.7 Å². The SMILES string of the molecule is C/C=N\C=C(/C=N)c1ccc(-c2cnc(=C/C)/c(=C\C)n2)cc1. The van der Waals surface area contributed by atoms with Crippen molar-refractivity contribution in [2.24, 2.45) is 4.99 Å². The minimum atomic E-state index is 0.763. The summed E-state index contributed by atoms with van der Waals surface area (Å²) >= 11 is 0. The zero-order valence-corrected chi connectivity index (χ0v) is 13.6. The average Bonchev–Trinajstić information content (AvgIpc) is 2.62. The van der Waals surface area contributed by atoms with Crippen LogP contribution in [0.25, 0.3) is 29.0 Å². The fourth-order valence-corrected chi connectivity index (χ4v) is 2.17. The Labute approximate surface area is 136 Å². The molecule has 0 radical (unpaired) electrons. The Morgan fingerprint density at radius 2 is 1.74 bits per heavy atom. The predicted molar refractivity (Wildman–Crippen MR) is 97.9 cm³/mol. The zero-order chi connectivity index (χ0) is 16.7. The van der Waals surface area contributed by atoms with E-state index in [1.54, 1.807) is 18.6 Å². The number of benzene rings is 1. The van der Waals surface area contributed by atoms with Crippen LogP contribution in [-0.2, 0) is 0 Å². The number of nitrogens with zero attached hydrogens (tertiary/aromatic N) is 3. The fourth-order valence-electron chi connectivity index (χ4n) is 2.17. The molecule has 1 heterocycles. The summed E-state index contributed by atoms with van der Waals surface area (Å²) in [5.41, 5.74) is 3.54. The molecule has 2 rings (SSSR count). The molecular weight excluding hydrogens is 284 g/mol. The molecule has 0 bridgehead atoms. The van der Waals surface area contributed by atoms with E-state index in [0.29, 0.717) is 0 Å². The molecule has 0 fully saturated rings. The molecule has 23 heavy (non-hydrogen) atoms. The smallest absolute Gasteiger partial charge is 0.0892 e. The van der Waals surface area contributed by atoms with Crippen molar-refractivity contribution in [1.29, 1.82) is 5.41 Å². The van der Waals surface area contributed by atoms with Gasteiger partial charge in [-0.15, -0.1) is 0 Å². The Hall–Kier alpha value is -2.88. The molecular formula is C19H20N4. The summed E-state index contributed by atoms with van der Waals surface area (Å²) < 4.78 is 0. The van der Waals surface area contributed by atoms with Crippen LogP contribution in [0.5, 0.6) is 0 Å². The molecule has 0 aliphatic rings. The number of allylic oxidation sites excluding steroid dienone is 1. The van der Waals surface area contributed by atoms with Gasteiger partial charge in [-0.05, 0) is 26.3 Å². The highest BCUT2D eigenvalue weighted by Crippen LogP contribution is 2.19. The molecule has 0 unspecified atom stereocenters. The van der Waals surface area contributed by atoms with Crippen LogP contribution in [0.3, 0.4) is 0 Å². The third-order valence-corrected chi connectivity index (χ3v) is 3.41. The Kier molecular flexibility index (Phi) is 5.69. The number of hydrogen-bond donors (Lipinski definition) is 1. The summed E-state index contributed by atoms with van der Waals surface area (Å²) in [6.45, 7) is 5.76. The number of aromatic nitrogens is 2. The maximum absolute atomic E-state index is 7.49. The van der Waals surface area contributed by atoms with E-state index in [9.17, 15) is 0 Å². The summed E-state index contributed by atoms with van der Waals surface area (Å²) in [6.07, 6.45) is 10.4. The molecule has 116 valence electrons. The van der Waals surface area contributed by atoms with E-state index in [2.05, 4.69) is 15.0 Å². The molecule has 0 aliphatic heterocycles. The first kappa shape index (κ1) is 16.5. The first-order chi connectivity index (χ1) is 11.2. The first-order valence-corrected chi connectivity index (χ1v) is 7.48. The van der Waals surface area contributed by atoms with Gasteiger partial charge in [0.25, 0.3) is 0 Å². The second-order valence-electron chi connectivity index (χ2n) is 4.82. The summed E-state index contributed by atoms with van der Waals surface area (Å²) in [4.78, 5) is 13.2. The minimum absolute atomic E-state index is 0.763. The van der Waals surface area contributed by atoms with Crippen LogP contribution in [0.2, 0.25) is 0 Å². The van der Waals surface area contributed by atoms with Gasteiger partial charge in [0.1, 0.15) is 0 Å². The quantitative estimate of drug-likeness (QED) is 0.883. The van der Waals surface area contributed by atoms with Crippen LogP contribution in [0, 0.1) is 5.41 Å². The van der Waals surface area contributed by atoms with Crippen molar-refractivity contribution in [1.82, 2.24) is 9.97 Å². The van der Waals surface area contributed by atoms with Crippen molar-refractivity contribution < 1.29 is 0 Å². The van der Waals surface area contributed by atoms with Crippen LogP contribution < -0.4 is 10.7 Å². The second kappa shape index (κ2) is 7.94. The lowest BCUT2D eigenvalue weighted by molar-refractivity contribution is 1.10. The topological polar surface area (TPSA) is 62.0 Å². The van der Waals surface area contributed by atoms with Gasteiger partial charge in [0.05, 0.1) is 22.6 Å². The minimum Gasteiger partial charge on any atom is -0.308 e. The summed E-state index contributed by atoms with van der Waals surface area (Å²) in [5, 5.41) is 9.26. The fraction of sp³-hybridized carbons (Fsp3) is 0.158. The van der Waals surface area contributed by atoms with E-state index in [1.807, 2.05) is 57.2 Å². The Morgan fingerprint density at radius 1 is 1.04 bits per heavy atom. The van der Waals surface area contributed by atoms with Gasteiger partial charge in [0.2, 0.25) is 0 Å². The summed E-state index contributed by atoms with van der Waals surface area (Å²) in [6, 6.07) is 7.91. The zero-order valence-electron chi connectivity index (χ0n) is 13.6. The van der Waals surface area contributed by atoms with Gasteiger partial charge >= 0.3 is 0 Å².